The zero-order valence-electron chi connectivity index (χ0n) is 19.4. The van der Waals surface area contributed by atoms with E-state index in [0.29, 0.717) is 25.1 Å². The number of rotatable bonds is 7. The molecule has 33 heavy (non-hydrogen) atoms. The molecule has 0 radical (unpaired) electrons. The number of fused-ring (bicyclic) bond motifs is 1. The van der Waals surface area contributed by atoms with Gasteiger partial charge in [0, 0.05) is 18.7 Å². The molecule has 3 aromatic rings. The summed E-state index contributed by atoms with van der Waals surface area (Å²) in [7, 11) is 1.65. The molecule has 1 heterocycles. The van der Waals surface area contributed by atoms with Crippen LogP contribution in [-0.2, 0) is 24.3 Å². The maximum atomic E-state index is 13.8. The Morgan fingerprint density at radius 3 is 2.45 bits per heavy atom. The Morgan fingerprint density at radius 1 is 1.03 bits per heavy atom. The molecule has 0 fully saturated rings. The van der Waals surface area contributed by atoms with Crippen molar-refractivity contribution in [3.8, 4) is 5.75 Å². The zero-order chi connectivity index (χ0) is 23.4. The molecular formula is C28H30N2O3. The van der Waals surface area contributed by atoms with Crippen molar-refractivity contribution in [1.82, 2.24) is 10.2 Å². The van der Waals surface area contributed by atoms with Crippen molar-refractivity contribution in [2.45, 2.75) is 45.4 Å². The molecule has 170 valence electrons. The van der Waals surface area contributed by atoms with Crippen LogP contribution in [0.3, 0.4) is 0 Å². The smallest absolute Gasteiger partial charge is 0.240 e. The van der Waals surface area contributed by atoms with E-state index in [0.717, 1.165) is 16.9 Å². The molecule has 1 aliphatic heterocycles. The van der Waals surface area contributed by atoms with E-state index in [2.05, 4.69) is 17.4 Å². The average Bonchev–Trinajstić information content (AvgIpc) is 2.86. The lowest BCUT2D eigenvalue weighted by Gasteiger charge is -2.35. The molecular weight excluding hydrogens is 412 g/mol. The van der Waals surface area contributed by atoms with Gasteiger partial charge in [-0.25, -0.2) is 0 Å². The number of hydrogen-bond acceptors (Lipinski definition) is 4. The van der Waals surface area contributed by atoms with Crippen LogP contribution in [0.1, 0.15) is 52.5 Å². The van der Waals surface area contributed by atoms with E-state index >= 15 is 0 Å². The van der Waals surface area contributed by atoms with Crippen LogP contribution in [0, 0.1) is 0 Å². The highest BCUT2D eigenvalue weighted by molar-refractivity contribution is 5.94. The molecule has 0 bridgehead atoms. The van der Waals surface area contributed by atoms with Crippen molar-refractivity contribution in [3.63, 3.8) is 0 Å². The Balaban J connectivity index is 1.62. The van der Waals surface area contributed by atoms with Crippen molar-refractivity contribution in [2.75, 3.05) is 7.11 Å². The molecule has 2 atom stereocenters. The number of carbonyl (C=O) groups is 2. The first kappa shape index (κ1) is 22.7. The fraction of sp³-hybridized carbons (Fsp3) is 0.286. The molecule has 1 aliphatic rings. The van der Waals surface area contributed by atoms with Crippen molar-refractivity contribution in [2.24, 2.45) is 0 Å². The number of ketones is 1. The molecule has 1 amide bonds. The fourth-order valence-electron chi connectivity index (χ4n) is 4.36. The van der Waals surface area contributed by atoms with Crippen LogP contribution in [0.25, 0.3) is 0 Å². The van der Waals surface area contributed by atoms with E-state index in [9.17, 15) is 9.59 Å². The van der Waals surface area contributed by atoms with Crippen molar-refractivity contribution in [3.05, 3.63) is 101 Å². The first-order valence-electron chi connectivity index (χ1n) is 11.3. The number of benzene rings is 3. The zero-order valence-corrected chi connectivity index (χ0v) is 19.4. The number of carbonyl (C=O) groups excluding carboxylic acids is 2. The van der Waals surface area contributed by atoms with Crippen molar-refractivity contribution in [1.29, 1.82) is 0 Å². The summed E-state index contributed by atoms with van der Waals surface area (Å²) in [5.74, 6) is 0.863. The molecule has 4 rings (SSSR count). The van der Waals surface area contributed by atoms with E-state index in [4.69, 9.17) is 4.74 Å². The molecule has 0 aromatic heterocycles. The quantitative estimate of drug-likeness (QED) is 0.539. The fourth-order valence-corrected chi connectivity index (χ4v) is 4.36. The third kappa shape index (κ3) is 5.15. The topological polar surface area (TPSA) is 58.6 Å². The Kier molecular flexibility index (Phi) is 6.90. The predicted octanol–water partition coefficient (Wildman–Crippen LogP) is 4.70. The lowest BCUT2D eigenvalue weighted by Crippen LogP contribution is -2.49. The van der Waals surface area contributed by atoms with Crippen LogP contribution >= 0.6 is 0 Å². The van der Waals surface area contributed by atoms with Gasteiger partial charge in [0.25, 0.3) is 0 Å². The summed E-state index contributed by atoms with van der Waals surface area (Å²) in [5, 5.41) is 3.43. The Morgan fingerprint density at radius 2 is 1.76 bits per heavy atom. The summed E-state index contributed by atoms with van der Waals surface area (Å²) in [6.45, 7) is 4.74. The van der Waals surface area contributed by atoms with Crippen molar-refractivity contribution >= 4 is 11.7 Å². The molecule has 0 aliphatic carbocycles. The third-order valence-corrected chi connectivity index (χ3v) is 6.42. The van der Waals surface area contributed by atoms with Gasteiger partial charge in [0.05, 0.1) is 19.2 Å². The minimum absolute atomic E-state index is 0.0318. The van der Waals surface area contributed by atoms with Gasteiger partial charge in [0.15, 0.2) is 5.78 Å². The second-order valence-electron chi connectivity index (χ2n) is 8.58. The highest BCUT2D eigenvalue weighted by Gasteiger charge is 2.31. The molecule has 1 N–H and O–H groups in total. The number of amides is 1. The number of methoxy groups -OCH3 is 1. The number of Topliss-reactive ketones (excluding diaryl/α,β-unsaturated/α-hetero) is 1. The molecule has 0 saturated carbocycles. The second kappa shape index (κ2) is 10.0. The largest absolute Gasteiger partial charge is 0.497 e. The standard InChI is InChI=1S/C28H30N2O3/c1-19(23-9-6-10-26(15-23)33-3)30(18-21-11-13-22(14-12-21)20(2)31)28(32)27-16-24-7-4-5-8-25(24)17-29-27/h4-15,19,27,29H,16-18H2,1-3H3/t19-,27?/m1/s1. The summed E-state index contributed by atoms with van der Waals surface area (Å²) in [6.07, 6.45) is 0.666. The average molecular weight is 443 g/mol. The summed E-state index contributed by atoms with van der Waals surface area (Å²) >= 11 is 0. The van der Waals surface area contributed by atoms with Gasteiger partial charge >= 0.3 is 0 Å². The lowest BCUT2D eigenvalue weighted by atomic mass is 9.94. The van der Waals surface area contributed by atoms with E-state index in [-0.39, 0.29) is 23.8 Å². The lowest BCUT2D eigenvalue weighted by molar-refractivity contribution is -0.136. The van der Waals surface area contributed by atoms with Gasteiger partial charge in [-0.15, -0.1) is 0 Å². The number of nitrogens with zero attached hydrogens (tertiary/aromatic N) is 1. The first-order valence-corrected chi connectivity index (χ1v) is 11.3. The van der Waals surface area contributed by atoms with Gasteiger partial charge in [-0.2, -0.15) is 0 Å². The van der Waals surface area contributed by atoms with Gasteiger partial charge < -0.3 is 15.0 Å². The highest BCUT2D eigenvalue weighted by atomic mass is 16.5. The van der Waals surface area contributed by atoms with E-state index < -0.39 is 0 Å². The monoisotopic (exact) mass is 442 g/mol. The second-order valence-corrected chi connectivity index (χ2v) is 8.58. The predicted molar refractivity (Wildman–Crippen MR) is 129 cm³/mol. The van der Waals surface area contributed by atoms with Gasteiger partial charge in [-0.3, -0.25) is 9.59 Å². The van der Waals surface area contributed by atoms with Crippen LogP contribution in [0.2, 0.25) is 0 Å². The number of nitrogens with one attached hydrogen (secondary N) is 1. The van der Waals surface area contributed by atoms with Crippen LogP contribution in [-0.4, -0.2) is 29.7 Å². The minimum Gasteiger partial charge on any atom is -0.497 e. The summed E-state index contributed by atoms with van der Waals surface area (Å²) in [6, 6.07) is 23.2. The number of hydrogen-bond donors (Lipinski definition) is 1. The van der Waals surface area contributed by atoms with Gasteiger partial charge in [-0.1, -0.05) is 60.7 Å². The highest BCUT2D eigenvalue weighted by Crippen LogP contribution is 2.28. The van der Waals surface area contributed by atoms with E-state index in [1.807, 2.05) is 72.5 Å². The molecule has 1 unspecified atom stereocenters. The Labute approximate surface area is 195 Å². The molecule has 3 aromatic carbocycles. The molecule has 0 spiro atoms. The summed E-state index contributed by atoms with van der Waals surface area (Å²) in [5.41, 5.74) is 5.13. The normalized spacial score (nSPS) is 15.9. The van der Waals surface area contributed by atoms with Crippen LogP contribution in [0.4, 0.5) is 0 Å². The van der Waals surface area contributed by atoms with E-state index in [1.165, 1.54) is 11.1 Å². The third-order valence-electron chi connectivity index (χ3n) is 6.42. The Hall–Kier alpha value is -3.44. The van der Waals surface area contributed by atoms with Crippen LogP contribution in [0.5, 0.6) is 5.75 Å². The molecule has 5 nitrogen and oxygen atoms in total. The Bertz CT molecular complexity index is 1140. The molecule has 5 heteroatoms. The van der Waals surface area contributed by atoms with Gasteiger partial charge in [0.1, 0.15) is 5.75 Å². The summed E-state index contributed by atoms with van der Waals surface area (Å²) < 4.78 is 5.41. The maximum absolute atomic E-state index is 13.8. The van der Waals surface area contributed by atoms with Crippen molar-refractivity contribution < 1.29 is 14.3 Å². The maximum Gasteiger partial charge on any atom is 0.240 e. The van der Waals surface area contributed by atoms with E-state index in [1.54, 1.807) is 14.0 Å². The van der Waals surface area contributed by atoms with Gasteiger partial charge in [-0.05, 0) is 54.7 Å². The van der Waals surface area contributed by atoms with Gasteiger partial charge in [0.2, 0.25) is 5.91 Å². The molecule has 0 saturated heterocycles. The van der Waals surface area contributed by atoms with Crippen LogP contribution in [0.15, 0.2) is 72.8 Å². The number of ether oxygens (including phenoxy) is 1. The first-order chi connectivity index (χ1) is 16.0. The summed E-state index contributed by atoms with van der Waals surface area (Å²) in [4.78, 5) is 27.4. The minimum atomic E-state index is -0.288. The SMILES string of the molecule is COc1cccc([C@@H](C)N(Cc2ccc(C(C)=O)cc2)C(=O)C2Cc3ccccc3CN2)c1. The van der Waals surface area contributed by atoms with Crippen LogP contribution < -0.4 is 10.1 Å².